The van der Waals surface area contributed by atoms with Gasteiger partial charge < -0.3 is 20.7 Å². The zero-order valence-electron chi connectivity index (χ0n) is 14.3. The molecule has 1 fully saturated rings. The van der Waals surface area contributed by atoms with Gasteiger partial charge in [-0.2, -0.15) is 0 Å². The van der Waals surface area contributed by atoms with Gasteiger partial charge >= 0.3 is 6.09 Å². The van der Waals surface area contributed by atoms with Gasteiger partial charge in [0.05, 0.1) is 13.2 Å². The van der Waals surface area contributed by atoms with Crippen molar-refractivity contribution in [2.75, 3.05) is 13.2 Å². The summed E-state index contributed by atoms with van der Waals surface area (Å²) in [5, 5.41) is 2.39. The number of amides is 3. The third kappa shape index (κ3) is 5.31. The summed E-state index contributed by atoms with van der Waals surface area (Å²) in [5.41, 5.74) is 5.13. The number of likely N-dealkylation sites (tertiary alicyclic amines) is 1. The van der Waals surface area contributed by atoms with Crippen LogP contribution in [0.25, 0.3) is 0 Å². The summed E-state index contributed by atoms with van der Waals surface area (Å²) < 4.78 is 32.1. The summed E-state index contributed by atoms with van der Waals surface area (Å²) in [7, 11) is 0. The topological polar surface area (TPSA) is 102 Å². The number of alkyl carbamates (subject to hydrolysis) is 1. The van der Waals surface area contributed by atoms with Crippen molar-refractivity contribution in [3.8, 4) is 0 Å². The molecule has 2 atom stereocenters. The predicted molar refractivity (Wildman–Crippen MR) is 82.2 cm³/mol. The number of halogens is 2. The van der Waals surface area contributed by atoms with E-state index in [1.54, 1.807) is 13.8 Å². The van der Waals surface area contributed by atoms with Crippen LogP contribution in [0.3, 0.4) is 0 Å². The van der Waals surface area contributed by atoms with Gasteiger partial charge in [0.25, 0.3) is 5.92 Å². The Bertz CT molecular complexity index is 497. The van der Waals surface area contributed by atoms with E-state index in [9.17, 15) is 23.2 Å². The van der Waals surface area contributed by atoms with Gasteiger partial charge in [-0.15, -0.1) is 0 Å². The molecular formula is C15H25F2N3O4. The summed E-state index contributed by atoms with van der Waals surface area (Å²) in [5.74, 6) is -5.22. The smallest absolute Gasteiger partial charge is 0.407 e. The van der Waals surface area contributed by atoms with E-state index in [-0.39, 0.29) is 18.4 Å². The van der Waals surface area contributed by atoms with Gasteiger partial charge in [-0.3, -0.25) is 9.59 Å². The Labute approximate surface area is 139 Å². The number of nitrogens with one attached hydrogen (secondary N) is 1. The summed E-state index contributed by atoms with van der Waals surface area (Å²) in [6.07, 6.45) is -1.62. The summed E-state index contributed by atoms with van der Waals surface area (Å²) in [6.45, 7) is 6.27. The van der Waals surface area contributed by atoms with Gasteiger partial charge in [-0.05, 0) is 11.8 Å². The lowest BCUT2D eigenvalue weighted by atomic mass is 10.0. The van der Waals surface area contributed by atoms with Gasteiger partial charge in [0, 0.05) is 6.42 Å². The zero-order chi connectivity index (χ0) is 18.7. The lowest BCUT2D eigenvalue weighted by Crippen LogP contribution is -2.55. The first kappa shape index (κ1) is 20.1. The Balaban J connectivity index is 2.86. The van der Waals surface area contributed by atoms with Gasteiger partial charge in [0.2, 0.25) is 11.8 Å². The molecule has 1 rings (SSSR count). The third-order valence-corrected chi connectivity index (χ3v) is 3.64. The Morgan fingerprint density at radius 2 is 1.88 bits per heavy atom. The van der Waals surface area contributed by atoms with E-state index in [1.165, 1.54) is 0 Å². The van der Waals surface area contributed by atoms with Crippen LogP contribution in [-0.2, 0) is 14.3 Å². The molecule has 9 heteroatoms. The van der Waals surface area contributed by atoms with Crippen molar-refractivity contribution in [3.63, 3.8) is 0 Å². The minimum absolute atomic E-state index is 0.112. The molecule has 24 heavy (non-hydrogen) atoms. The van der Waals surface area contributed by atoms with Crippen LogP contribution in [-0.4, -0.2) is 54.0 Å². The molecule has 1 saturated heterocycles. The summed E-state index contributed by atoms with van der Waals surface area (Å²) >= 11 is 0. The van der Waals surface area contributed by atoms with Crippen LogP contribution in [0.4, 0.5) is 13.6 Å². The highest BCUT2D eigenvalue weighted by molar-refractivity contribution is 5.91. The minimum atomic E-state index is -3.19. The Kier molecular flexibility index (Phi) is 6.50. The molecule has 0 saturated carbocycles. The average Bonchev–Trinajstić information content (AvgIpc) is 2.77. The molecule has 7 nitrogen and oxygen atoms in total. The average molecular weight is 349 g/mol. The summed E-state index contributed by atoms with van der Waals surface area (Å²) in [6, 6.07) is -2.47. The fraction of sp³-hybridized carbons (Fsp3) is 0.800. The van der Waals surface area contributed by atoms with Crippen molar-refractivity contribution in [1.29, 1.82) is 0 Å². The molecule has 0 unspecified atom stereocenters. The lowest BCUT2D eigenvalue weighted by molar-refractivity contribution is -0.140. The molecule has 138 valence electrons. The van der Waals surface area contributed by atoms with E-state index in [1.807, 2.05) is 13.8 Å². The Morgan fingerprint density at radius 1 is 1.29 bits per heavy atom. The molecule has 1 heterocycles. The number of alkyl halides is 2. The zero-order valence-corrected chi connectivity index (χ0v) is 14.3. The van der Waals surface area contributed by atoms with Gasteiger partial charge in [-0.25, -0.2) is 13.6 Å². The first-order chi connectivity index (χ1) is 10.9. The number of rotatable bonds is 6. The molecule has 0 aromatic heterocycles. The lowest BCUT2D eigenvalue weighted by Gasteiger charge is -2.29. The number of hydrogen-bond acceptors (Lipinski definition) is 4. The number of nitrogens with zero attached hydrogens (tertiary/aromatic N) is 1. The molecule has 0 aromatic rings. The number of nitrogens with two attached hydrogens (primary N) is 1. The molecule has 0 radical (unpaired) electrons. The molecule has 1 aliphatic heterocycles. The second-order valence-corrected chi connectivity index (χ2v) is 6.80. The molecule has 3 N–H and O–H groups in total. The van der Waals surface area contributed by atoms with Crippen LogP contribution in [0, 0.1) is 11.8 Å². The number of primary amides is 1. The third-order valence-electron chi connectivity index (χ3n) is 3.64. The van der Waals surface area contributed by atoms with Crippen molar-refractivity contribution in [2.24, 2.45) is 17.6 Å². The fourth-order valence-corrected chi connectivity index (χ4v) is 2.41. The van der Waals surface area contributed by atoms with Crippen molar-refractivity contribution in [1.82, 2.24) is 10.2 Å². The van der Waals surface area contributed by atoms with Crippen molar-refractivity contribution in [3.05, 3.63) is 0 Å². The Hall–Kier alpha value is -1.93. The maximum Gasteiger partial charge on any atom is 0.407 e. The van der Waals surface area contributed by atoms with Gasteiger partial charge in [0.15, 0.2) is 0 Å². The number of carbonyl (C=O) groups is 3. The summed E-state index contributed by atoms with van der Waals surface area (Å²) in [4.78, 5) is 36.5. The highest BCUT2D eigenvalue weighted by Crippen LogP contribution is 2.32. The monoisotopic (exact) mass is 349 g/mol. The standard InChI is InChI=1S/C15H25F2N3O4/c1-8(2)6-24-14(23)19-11(9(3)4)13(22)20-7-15(16,17)5-10(20)12(18)21/h8-11H,5-7H2,1-4H3,(H2,18,21)(H,19,23)/t10-,11-/m0/s1. The van der Waals surface area contributed by atoms with E-state index < -0.39 is 48.9 Å². The normalized spacial score (nSPS) is 21.0. The van der Waals surface area contributed by atoms with E-state index in [2.05, 4.69) is 5.32 Å². The predicted octanol–water partition coefficient (Wildman–Crippen LogP) is 1.11. The quantitative estimate of drug-likeness (QED) is 0.750. The maximum absolute atomic E-state index is 13.6. The van der Waals surface area contributed by atoms with Crippen molar-refractivity contribution < 1.29 is 27.9 Å². The fourth-order valence-electron chi connectivity index (χ4n) is 2.41. The SMILES string of the molecule is CC(C)COC(=O)N[C@H](C(=O)N1CC(F)(F)C[C@H]1C(N)=O)C(C)C. The first-order valence-corrected chi connectivity index (χ1v) is 7.85. The van der Waals surface area contributed by atoms with Crippen LogP contribution in [0.1, 0.15) is 34.1 Å². The van der Waals surface area contributed by atoms with Gasteiger partial charge in [-0.1, -0.05) is 27.7 Å². The largest absolute Gasteiger partial charge is 0.449 e. The van der Waals surface area contributed by atoms with Crippen LogP contribution in [0.2, 0.25) is 0 Å². The van der Waals surface area contributed by atoms with E-state index in [4.69, 9.17) is 10.5 Å². The second-order valence-electron chi connectivity index (χ2n) is 6.80. The molecular weight excluding hydrogens is 324 g/mol. The molecule has 0 aliphatic carbocycles. The van der Waals surface area contributed by atoms with Crippen molar-refractivity contribution in [2.45, 2.75) is 52.1 Å². The van der Waals surface area contributed by atoms with E-state index in [0.717, 1.165) is 4.90 Å². The molecule has 0 aromatic carbocycles. The van der Waals surface area contributed by atoms with E-state index in [0.29, 0.717) is 0 Å². The van der Waals surface area contributed by atoms with Crippen LogP contribution >= 0.6 is 0 Å². The molecule has 0 bridgehead atoms. The van der Waals surface area contributed by atoms with Crippen molar-refractivity contribution >= 4 is 17.9 Å². The van der Waals surface area contributed by atoms with Crippen LogP contribution < -0.4 is 11.1 Å². The second kappa shape index (κ2) is 7.76. The van der Waals surface area contributed by atoms with E-state index >= 15 is 0 Å². The molecule has 0 spiro atoms. The molecule has 1 aliphatic rings. The first-order valence-electron chi connectivity index (χ1n) is 7.85. The molecule has 3 amide bonds. The highest BCUT2D eigenvalue weighted by Gasteiger charge is 2.50. The minimum Gasteiger partial charge on any atom is -0.449 e. The van der Waals surface area contributed by atoms with Gasteiger partial charge in [0.1, 0.15) is 12.1 Å². The number of hydrogen-bond donors (Lipinski definition) is 2. The maximum atomic E-state index is 13.6. The van der Waals surface area contributed by atoms with Crippen LogP contribution in [0.5, 0.6) is 0 Å². The highest BCUT2D eigenvalue weighted by atomic mass is 19.3. The number of carbonyl (C=O) groups excluding carboxylic acids is 3. The number of ether oxygens (including phenoxy) is 1. The van der Waals surface area contributed by atoms with Crippen LogP contribution in [0.15, 0.2) is 0 Å². The Morgan fingerprint density at radius 3 is 2.33 bits per heavy atom.